The second-order valence-electron chi connectivity index (χ2n) is 5.62. The second-order valence-corrected chi connectivity index (χ2v) is 5.62. The number of hydrogen-bond acceptors (Lipinski definition) is 3. The first-order chi connectivity index (χ1) is 12.2. The third-order valence-corrected chi connectivity index (χ3v) is 3.96. The maximum absolute atomic E-state index is 12.9. The predicted octanol–water partition coefficient (Wildman–Crippen LogP) is 4.25. The molecule has 3 aromatic carbocycles. The average Bonchev–Trinajstić information content (AvgIpc) is 2.70. The number of carbonyl (C=O) groups is 3. The number of hydrogen-bond donors (Lipinski definition) is 0. The third-order valence-electron chi connectivity index (χ3n) is 3.96. The van der Waals surface area contributed by atoms with Crippen molar-refractivity contribution in [3.05, 3.63) is 108 Å². The molecule has 0 amide bonds. The summed E-state index contributed by atoms with van der Waals surface area (Å²) in [5, 5.41) is 0. The zero-order chi connectivity index (χ0) is 17.6. The van der Waals surface area contributed by atoms with Crippen molar-refractivity contribution in [1.29, 1.82) is 0 Å². The molecule has 0 aliphatic heterocycles. The van der Waals surface area contributed by atoms with Crippen molar-refractivity contribution in [2.45, 2.75) is 0 Å². The minimum Gasteiger partial charge on any atom is -0.293 e. The summed E-state index contributed by atoms with van der Waals surface area (Å²) in [5.41, 5.74) is 1.04. The maximum Gasteiger partial charge on any atom is 0.181 e. The predicted molar refractivity (Wildman–Crippen MR) is 95.8 cm³/mol. The monoisotopic (exact) mass is 328 g/mol. The molecule has 0 fully saturated rings. The maximum atomic E-state index is 12.9. The van der Waals surface area contributed by atoms with Crippen molar-refractivity contribution in [3.8, 4) is 0 Å². The van der Waals surface area contributed by atoms with Crippen LogP contribution in [0.1, 0.15) is 31.1 Å². The summed E-state index contributed by atoms with van der Waals surface area (Å²) in [6, 6.07) is 25.3. The number of carbonyl (C=O) groups excluding carboxylic acids is 3. The van der Waals surface area contributed by atoms with Crippen LogP contribution < -0.4 is 0 Å². The molecule has 0 N–H and O–H groups in total. The molecule has 3 nitrogen and oxygen atoms in total. The summed E-state index contributed by atoms with van der Waals surface area (Å²) in [7, 11) is 0. The highest BCUT2D eigenvalue weighted by molar-refractivity contribution is 6.31. The van der Waals surface area contributed by atoms with Gasteiger partial charge >= 0.3 is 0 Å². The second kappa shape index (κ2) is 7.49. The molecular weight excluding hydrogens is 312 g/mol. The largest absolute Gasteiger partial charge is 0.293 e. The molecule has 0 bridgehead atoms. The lowest BCUT2D eigenvalue weighted by molar-refractivity contribution is 0.0733. The van der Waals surface area contributed by atoms with Gasteiger partial charge in [-0.2, -0.15) is 0 Å². The van der Waals surface area contributed by atoms with Gasteiger partial charge in [0.25, 0.3) is 0 Å². The standard InChI is InChI=1S/C22H16O3/c23-20(16-10-4-1-5-11-16)19(21(24)17-12-6-2-7-13-17)22(25)18-14-8-3-9-15-18/h1-15,19H. The van der Waals surface area contributed by atoms with Crippen molar-refractivity contribution in [2.24, 2.45) is 5.92 Å². The summed E-state index contributed by atoms with van der Waals surface area (Å²) >= 11 is 0. The van der Waals surface area contributed by atoms with Gasteiger partial charge in [-0.3, -0.25) is 14.4 Å². The van der Waals surface area contributed by atoms with E-state index in [1.54, 1.807) is 91.0 Å². The van der Waals surface area contributed by atoms with Gasteiger partial charge in [-0.15, -0.1) is 0 Å². The molecule has 0 aromatic heterocycles. The molecule has 3 rings (SSSR count). The normalized spacial score (nSPS) is 10.4. The molecule has 0 radical (unpaired) electrons. The molecule has 0 spiro atoms. The number of benzene rings is 3. The third kappa shape index (κ3) is 3.61. The highest BCUT2D eigenvalue weighted by Crippen LogP contribution is 2.20. The number of rotatable bonds is 6. The van der Waals surface area contributed by atoms with Gasteiger partial charge in [-0.05, 0) is 0 Å². The van der Waals surface area contributed by atoms with Gasteiger partial charge in [-0.1, -0.05) is 91.0 Å². The van der Waals surface area contributed by atoms with Crippen LogP contribution in [-0.4, -0.2) is 17.3 Å². The van der Waals surface area contributed by atoms with E-state index < -0.39 is 23.3 Å². The zero-order valence-electron chi connectivity index (χ0n) is 13.5. The van der Waals surface area contributed by atoms with E-state index in [2.05, 4.69) is 0 Å². The van der Waals surface area contributed by atoms with Crippen LogP contribution in [0, 0.1) is 5.92 Å². The van der Waals surface area contributed by atoms with Gasteiger partial charge in [0.05, 0.1) is 0 Å². The van der Waals surface area contributed by atoms with Crippen molar-refractivity contribution in [1.82, 2.24) is 0 Å². The Kier molecular flexibility index (Phi) is 4.95. The lowest BCUT2D eigenvalue weighted by atomic mass is 9.84. The lowest BCUT2D eigenvalue weighted by Crippen LogP contribution is -2.32. The van der Waals surface area contributed by atoms with E-state index in [0.29, 0.717) is 16.7 Å². The Morgan fingerprint density at radius 3 is 0.920 bits per heavy atom. The fourth-order valence-corrected chi connectivity index (χ4v) is 2.66. The molecule has 0 aliphatic carbocycles. The van der Waals surface area contributed by atoms with Crippen LogP contribution in [0.15, 0.2) is 91.0 Å². The Morgan fingerprint density at radius 1 is 0.440 bits per heavy atom. The van der Waals surface area contributed by atoms with Crippen LogP contribution in [0.4, 0.5) is 0 Å². The van der Waals surface area contributed by atoms with E-state index in [-0.39, 0.29) is 0 Å². The SMILES string of the molecule is O=C(c1ccccc1)C(C(=O)c1ccccc1)C(=O)c1ccccc1. The number of ketones is 3. The Balaban J connectivity index is 2.04. The van der Waals surface area contributed by atoms with Gasteiger partial charge < -0.3 is 0 Å². The fraction of sp³-hybridized carbons (Fsp3) is 0.0455. The molecule has 3 heteroatoms. The quantitative estimate of drug-likeness (QED) is 0.502. The fourth-order valence-electron chi connectivity index (χ4n) is 2.66. The highest BCUT2D eigenvalue weighted by Gasteiger charge is 2.35. The molecule has 3 aromatic rings. The Bertz CT molecular complexity index is 762. The summed E-state index contributed by atoms with van der Waals surface area (Å²) in [6.45, 7) is 0. The first-order valence-electron chi connectivity index (χ1n) is 7.96. The minimum absolute atomic E-state index is 0.348. The summed E-state index contributed by atoms with van der Waals surface area (Å²) < 4.78 is 0. The van der Waals surface area contributed by atoms with Crippen molar-refractivity contribution in [3.63, 3.8) is 0 Å². The minimum atomic E-state index is -1.38. The van der Waals surface area contributed by atoms with E-state index in [1.807, 2.05) is 0 Å². The average molecular weight is 328 g/mol. The molecule has 0 aliphatic rings. The van der Waals surface area contributed by atoms with Gasteiger partial charge in [0, 0.05) is 16.7 Å². The van der Waals surface area contributed by atoms with Crippen LogP contribution >= 0.6 is 0 Å². The molecule has 0 atom stereocenters. The topological polar surface area (TPSA) is 51.2 Å². The van der Waals surface area contributed by atoms with Gasteiger partial charge in [0.2, 0.25) is 0 Å². The van der Waals surface area contributed by atoms with Crippen LogP contribution in [-0.2, 0) is 0 Å². The van der Waals surface area contributed by atoms with E-state index in [0.717, 1.165) is 0 Å². The first-order valence-corrected chi connectivity index (χ1v) is 7.96. The van der Waals surface area contributed by atoms with Crippen molar-refractivity contribution < 1.29 is 14.4 Å². The van der Waals surface area contributed by atoms with Crippen LogP contribution in [0.2, 0.25) is 0 Å². The zero-order valence-corrected chi connectivity index (χ0v) is 13.5. The van der Waals surface area contributed by atoms with E-state index >= 15 is 0 Å². The molecule has 0 saturated heterocycles. The van der Waals surface area contributed by atoms with E-state index in [4.69, 9.17) is 0 Å². The Labute approximate surface area is 145 Å². The van der Waals surface area contributed by atoms with Crippen molar-refractivity contribution >= 4 is 17.3 Å². The van der Waals surface area contributed by atoms with Crippen LogP contribution in [0.3, 0.4) is 0 Å². The van der Waals surface area contributed by atoms with E-state index in [9.17, 15) is 14.4 Å². The van der Waals surface area contributed by atoms with Gasteiger partial charge in [-0.25, -0.2) is 0 Å². The summed E-state index contributed by atoms with van der Waals surface area (Å²) in [4.78, 5) is 38.8. The number of Topliss-reactive ketones (excluding diaryl/α,β-unsaturated/α-hetero) is 3. The van der Waals surface area contributed by atoms with Crippen LogP contribution in [0.5, 0.6) is 0 Å². The summed E-state index contributed by atoms with van der Waals surface area (Å²) in [5.74, 6) is -2.83. The lowest BCUT2D eigenvalue weighted by Gasteiger charge is -2.14. The Morgan fingerprint density at radius 2 is 0.680 bits per heavy atom. The highest BCUT2D eigenvalue weighted by atomic mass is 16.2. The molecule has 0 saturated carbocycles. The molecule has 0 unspecified atom stereocenters. The van der Waals surface area contributed by atoms with Crippen molar-refractivity contribution in [2.75, 3.05) is 0 Å². The molecule has 122 valence electrons. The Hall–Kier alpha value is -3.33. The smallest absolute Gasteiger partial charge is 0.181 e. The molecular formula is C22H16O3. The summed E-state index contributed by atoms with van der Waals surface area (Å²) in [6.07, 6.45) is 0. The molecule has 25 heavy (non-hydrogen) atoms. The molecule has 0 heterocycles. The first kappa shape index (κ1) is 16.5. The van der Waals surface area contributed by atoms with Gasteiger partial charge in [0.15, 0.2) is 17.3 Å². The van der Waals surface area contributed by atoms with E-state index in [1.165, 1.54) is 0 Å². The van der Waals surface area contributed by atoms with Gasteiger partial charge in [0.1, 0.15) is 5.92 Å². The van der Waals surface area contributed by atoms with Crippen LogP contribution in [0.25, 0.3) is 0 Å².